The zero-order valence-electron chi connectivity index (χ0n) is 15.7. The number of para-hydroxylation sites is 1. The molecule has 1 aliphatic rings. The fourth-order valence-corrected chi connectivity index (χ4v) is 4.99. The van der Waals surface area contributed by atoms with Gasteiger partial charge in [-0.15, -0.1) is 5.10 Å². The van der Waals surface area contributed by atoms with Crippen molar-refractivity contribution in [3.05, 3.63) is 52.9 Å². The largest absolute Gasteiger partial charge is 0.417 e. The lowest BCUT2D eigenvalue weighted by atomic mass is 10.2. The Morgan fingerprint density at radius 3 is 2.50 bits per heavy atom. The molecule has 5 rings (SSSR count). The van der Waals surface area contributed by atoms with Crippen LogP contribution in [0.2, 0.25) is 0 Å². The second-order valence-corrected chi connectivity index (χ2v) is 8.49. The molecule has 4 heterocycles. The standard InChI is InChI=1S/C19H17F3N6S2/c20-19(21,22)13-5-6-16(23-11-13)26-9-7-25(8-10-26)12-27-18(29)28-14-3-1-2-4-15(14)30-17(28)24-27/h1-6,11H,7-10,12H2. The molecule has 0 aliphatic carbocycles. The normalized spacial score (nSPS) is 16.0. The minimum Gasteiger partial charge on any atom is -0.354 e. The van der Waals surface area contributed by atoms with Gasteiger partial charge in [-0.1, -0.05) is 23.5 Å². The van der Waals surface area contributed by atoms with Crippen molar-refractivity contribution in [2.24, 2.45) is 0 Å². The second kappa shape index (κ2) is 7.33. The first kappa shape index (κ1) is 19.5. The summed E-state index contributed by atoms with van der Waals surface area (Å²) in [5.41, 5.74) is 0.332. The molecular formula is C19H17F3N6S2. The van der Waals surface area contributed by atoms with Crippen LogP contribution in [-0.2, 0) is 12.8 Å². The zero-order valence-corrected chi connectivity index (χ0v) is 17.3. The van der Waals surface area contributed by atoms with E-state index in [1.807, 2.05) is 32.2 Å². The van der Waals surface area contributed by atoms with Crippen LogP contribution in [0.5, 0.6) is 0 Å². The zero-order chi connectivity index (χ0) is 20.9. The van der Waals surface area contributed by atoms with E-state index in [2.05, 4.69) is 21.0 Å². The van der Waals surface area contributed by atoms with Gasteiger partial charge in [-0.3, -0.25) is 9.30 Å². The van der Waals surface area contributed by atoms with Crippen LogP contribution in [0.4, 0.5) is 19.0 Å². The van der Waals surface area contributed by atoms with Crippen LogP contribution in [0, 0.1) is 4.77 Å². The van der Waals surface area contributed by atoms with Crippen molar-refractivity contribution in [2.75, 3.05) is 31.1 Å². The van der Waals surface area contributed by atoms with Crippen molar-refractivity contribution in [1.82, 2.24) is 24.1 Å². The third-order valence-corrected chi connectivity index (χ3v) is 6.63. The Kier molecular flexibility index (Phi) is 4.75. The molecule has 1 aliphatic heterocycles. The highest BCUT2D eigenvalue weighted by molar-refractivity contribution is 7.71. The number of rotatable bonds is 3. The lowest BCUT2D eigenvalue weighted by molar-refractivity contribution is -0.137. The van der Waals surface area contributed by atoms with E-state index in [-0.39, 0.29) is 0 Å². The highest BCUT2D eigenvalue weighted by atomic mass is 32.1. The molecule has 0 unspecified atom stereocenters. The van der Waals surface area contributed by atoms with Crippen LogP contribution in [0.15, 0.2) is 42.6 Å². The highest BCUT2D eigenvalue weighted by Crippen LogP contribution is 2.29. The van der Waals surface area contributed by atoms with Crippen molar-refractivity contribution in [2.45, 2.75) is 12.8 Å². The van der Waals surface area contributed by atoms with Crippen LogP contribution in [0.25, 0.3) is 15.2 Å². The van der Waals surface area contributed by atoms with Crippen molar-refractivity contribution in [3.63, 3.8) is 0 Å². The number of anilines is 1. The number of hydrogen-bond acceptors (Lipinski definition) is 6. The summed E-state index contributed by atoms with van der Waals surface area (Å²) in [6.45, 7) is 3.43. The summed E-state index contributed by atoms with van der Waals surface area (Å²) in [7, 11) is 0. The highest BCUT2D eigenvalue weighted by Gasteiger charge is 2.31. The first-order valence-corrected chi connectivity index (χ1v) is 10.6. The Labute approximate surface area is 178 Å². The minimum absolute atomic E-state index is 0.563. The molecule has 4 aromatic rings. The number of nitrogens with zero attached hydrogens (tertiary/aromatic N) is 6. The summed E-state index contributed by atoms with van der Waals surface area (Å²) >= 11 is 7.26. The molecule has 0 radical (unpaired) electrons. The molecule has 1 aromatic carbocycles. The van der Waals surface area contributed by atoms with Crippen LogP contribution in [0.3, 0.4) is 0 Å². The van der Waals surface area contributed by atoms with Crippen molar-refractivity contribution in [1.29, 1.82) is 0 Å². The number of hydrogen-bond donors (Lipinski definition) is 0. The van der Waals surface area contributed by atoms with Gasteiger partial charge in [-0.25, -0.2) is 9.67 Å². The monoisotopic (exact) mass is 450 g/mol. The maximum Gasteiger partial charge on any atom is 0.417 e. The predicted octanol–water partition coefficient (Wildman–Crippen LogP) is 4.27. The summed E-state index contributed by atoms with van der Waals surface area (Å²) in [6, 6.07) is 10.6. The Morgan fingerprint density at radius 2 is 1.80 bits per heavy atom. The van der Waals surface area contributed by atoms with Gasteiger partial charge in [0.05, 0.1) is 22.4 Å². The lowest BCUT2D eigenvalue weighted by Crippen LogP contribution is -2.47. The number of alkyl halides is 3. The molecule has 6 nitrogen and oxygen atoms in total. The number of pyridine rings is 1. The molecule has 1 fully saturated rings. The fourth-order valence-electron chi connectivity index (χ4n) is 3.63. The minimum atomic E-state index is -4.37. The third kappa shape index (κ3) is 3.46. The number of thiazole rings is 1. The van der Waals surface area contributed by atoms with Crippen molar-refractivity contribution < 1.29 is 13.2 Å². The third-order valence-electron chi connectivity index (χ3n) is 5.22. The van der Waals surface area contributed by atoms with Gasteiger partial charge < -0.3 is 4.90 Å². The van der Waals surface area contributed by atoms with E-state index >= 15 is 0 Å². The molecule has 3 aromatic heterocycles. The molecule has 11 heteroatoms. The van der Waals surface area contributed by atoms with Gasteiger partial charge in [-0.05, 0) is 36.5 Å². The van der Waals surface area contributed by atoms with Crippen LogP contribution < -0.4 is 4.90 Å². The predicted molar refractivity (Wildman–Crippen MR) is 112 cm³/mol. The maximum atomic E-state index is 12.7. The Hall–Kier alpha value is -2.50. The molecule has 0 spiro atoms. The summed E-state index contributed by atoms with van der Waals surface area (Å²) in [6.07, 6.45) is -3.48. The van der Waals surface area contributed by atoms with Gasteiger partial charge in [0.25, 0.3) is 0 Å². The quantitative estimate of drug-likeness (QED) is 0.436. The van der Waals surface area contributed by atoms with E-state index in [4.69, 9.17) is 12.2 Å². The maximum absolute atomic E-state index is 12.7. The van der Waals surface area contributed by atoms with Gasteiger partial charge in [0.1, 0.15) is 5.82 Å². The van der Waals surface area contributed by atoms with E-state index in [0.717, 1.165) is 40.5 Å². The van der Waals surface area contributed by atoms with Crippen molar-refractivity contribution >= 4 is 44.6 Å². The van der Waals surface area contributed by atoms with Gasteiger partial charge in [-0.2, -0.15) is 13.2 Å². The molecule has 1 saturated heterocycles. The number of aromatic nitrogens is 4. The Bertz CT molecular complexity index is 1250. The van der Waals surface area contributed by atoms with Gasteiger partial charge in [0, 0.05) is 32.4 Å². The molecule has 0 N–H and O–H groups in total. The molecule has 30 heavy (non-hydrogen) atoms. The number of benzene rings is 1. The topological polar surface area (TPSA) is 41.6 Å². The van der Waals surface area contributed by atoms with Crippen LogP contribution in [-0.4, -0.2) is 50.2 Å². The first-order chi connectivity index (χ1) is 14.4. The Balaban J connectivity index is 1.27. The fraction of sp³-hybridized carbons (Fsp3) is 0.316. The van der Waals surface area contributed by atoms with Gasteiger partial charge in [0.15, 0.2) is 0 Å². The number of halogens is 3. The van der Waals surface area contributed by atoms with E-state index in [0.29, 0.717) is 30.3 Å². The van der Waals surface area contributed by atoms with Gasteiger partial charge in [0.2, 0.25) is 9.73 Å². The first-order valence-electron chi connectivity index (χ1n) is 9.38. The smallest absolute Gasteiger partial charge is 0.354 e. The average Bonchev–Trinajstić information content (AvgIpc) is 3.24. The SMILES string of the molecule is FC(F)(F)c1ccc(N2CCN(Cn3nc4sc5ccccc5n4c3=S)CC2)nc1. The van der Waals surface area contributed by atoms with Crippen LogP contribution in [0.1, 0.15) is 5.56 Å². The number of piperazine rings is 1. The molecular weight excluding hydrogens is 433 g/mol. The Morgan fingerprint density at radius 1 is 1.03 bits per heavy atom. The average molecular weight is 451 g/mol. The van der Waals surface area contributed by atoms with E-state index in [1.165, 1.54) is 6.07 Å². The van der Waals surface area contributed by atoms with E-state index < -0.39 is 11.7 Å². The summed E-state index contributed by atoms with van der Waals surface area (Å²) in [4.78, 5) is 9.09. The van der Waals surface area contributed by atoms with Crippen molar-refractivity contribution in [3.8, 4) is 0 Å². The molecule has 156 valence electrons. The van der Waals surface area contributed by atoms with Gasteiger partial charge >= 0.3 is 6.18 Å². The van der Waals surface area contributed by atoms with E-state index in [9.17, 15) is 13.2 Å². The molecule has 0 bridgehead atoms. The van der Waals surface area contributed by atoms with Crippen LogP contribution >= 0.6 is 23.6 Å². The number of fused-ring (bicyclic) bond motifs is 3. The summed E-state index contributed by atoms with van der Waals surface area (Å²) in [5.74, 6) is 0.563. The molecule has 0 atom stereocenters. The summed E-state index contributed by atoms with van der Waals surface area (Å²) < 4.78 is 43.8. The van der Waals surface area contributed by atoms with E-state index in [1.54, 1.807) is 11.3 Å². The molecule has 0 amide bonds. The molecule has 0 saturated carbocycles. The summed E-state index contributed by atoms with van der Waals surface area (Å²) in [5, 5.41) is 4.67. The lowest BCUT2D eigenvalue weighted by Gasteiger charge is -2.35. The second-order valence-electron chi connectivity index (χ2n) is 7.12.